The fourth-order valence-electron chi connectivity index (χ4n) is 1.90. The number of allylic oxidation sites excluding steroid dienone is 1. The topological polar surface area (TPSA) is 83.2 Å². The lowest BCUT2D eigenvalue weighted by Crippen LogP contribution is -2.96. The second-order valence-electron chi connectivity index (χ2n) is 4.52. The van der Waals surface area contributed by atoms with Gasteiger partial charge in [0.2, 0.25) is 10.4 Å². The zero-order chi connectivity index (χ0) is 16.7. The Morgan fingerprint density at radius 3 is 2.04 bits per heavy atom. The molecule has 0 saturated carbocycles. The molecule has 0 saturated heterocycles. The Hall–Kier alpha value is -2.32. The molecule has 2 aromatic rings. The number of rotatable bonds is 3. The first-order valence-electron chi connectivity index (χ1n) is 6.75. The molecule has 1 heterocycles. The SMILES string of the molecule is C1=C[NH+](c2ccccc2)N=C1c1ccccc1.COS(=O)(=O)[O-]. The Bertz CT molecular complexity index is 787. The molecule has 120 valence electrons. The highest BCUT2D eigenvalue weighted by Gasteiger charge is 2.16. The van der Waals surface area contributed by atoms with Crippen molar-refractivity contribution in [3.8, 4) is 0 Å². The zero-order valence-electron chi connectivity index (χ0n) is 12.4. The average Bonchev–Trinajstić information content (AvgIpc) is 3.06. The van der Waals surface area contributed by atoms with Crippen LogP contribution in [-0.2, 0) is 14.6 Å². The molecule has 0 bridgehead atoms. The van der Waals surface area contributed by atoms with E-state index in [4.69, 9.17) is 0 Å². The van der Waals surface area contributed by atoms with E-state index in [1.54, 1.807) is 0 Å². The van der Waals surface area contributed by atoms with Gasteiger partial charge >= 0.3 is 0 Å². The van der Waals surface area contributed by atoms with Gasteiger partial charge in [-0.05, 0) is 0 Å². The average molecular weight is 332 g/mol. The van der Waals surface area contributed by atoms with Gasteiger partial charge in [0.25, 0.3) is 0 Å². The molecule has 1 atom stereocenters. The van der Waals surface area contributed by atoms with Gasteiger partial charge in [-0.3, -0.25) is 4.18 Å². The van der Waals surface area contributed by atoms with Gasteiger partial charge in [0.15, 0.2) is 5.69 Å². The summed E-state index contributed by atoms with van der Waals surface area (Å²) in [5.41, 5.74) is 3.36. The third-order valence-corrected chi connectivity index (χ3v) is 3.39. The second kappa shape index (κ2) is 7.80. The van der Waals surface area contributed by atoms with Crippen LogP contribution in [0.1, 0.15) is 5.56 Å². The van der Waals surface area contributed by atoms with Crippen molar-refractivity contribution in [1.29, 1.82) is 0 Å². The molecule has 1 aliphatic heterocycles. The van der Waals surface area contributed by atoms with Crippen molar-refractivity contribution in [3.63, 3.8) is 0 Å². The van der Waals surface area contributed by atoms with Crippen molar-refractivity contribution in [1.82, 2.24) is 0 Å². The molecular formula is C16H16N2O4S. The Balaban J connectivity index is 0.000000277. The van der Waals surface area contributed by atoms with Crippen LogP contribution in [0.2, 0.25) is 0 Å². The number of nitrogens with zero attached hydrogens (tertiary/aromatic N) is 1. The Labute approximate surface area is 135 Å². The van der Waals surface area contributed by atoms with E-state index in [0.717, 1.165) is 29.1 Å². The van der Waals surface area contributed by atoms with Gasteiger partial charge in [-0.1, -0.05) is 53.6 Å². The Kier molecular flexibility index (Phi) is 5.78. The summed E-state index contributed by atoms with van der Waals surface area (Å²) in [4.78, 5) is 0. The minimum Gasteiger partial charge on any atom is -0.726 e. The highest BCUT2D eigenvalue weighted by Crippen LogP contribution is 2.06. The summed E-state index contributed by atoms with van der Waals surface area (Å²) >= 11 is 0. The van der Waals surface area contributed by atoms with E-state index in [1.165, 1.54) is 0 Å². The van der Waals surface area contributed by atoms with E-state index in [1.807, 2.05) is 36.4 Å². The van der Waals surface area contributed by atoms with E-state index in [9.17, 15) is 13.0 Å². The molecule has 0 spiro atoms. The summed E-state index contributed by atoms with van der Waals surface area (Å²) in [6.07, 6.45) is 4.13. The molecule has 2 aromatic carbocycles. The van der Waals surface area contributed by atoms with Crippen molar-refractivity contribution >= 4 is 21.8 Å². The third-order valence-electron chi connectivity index (χ3n) is 2.98. The van der Waals surface area contributed by atoms with Crippen LogP contribution in [0.15, 0.2) is 78.0 Å². The number of quaternary nitrogens is 1. The fourth-order valence-corrected chi connectivity index (χ4v) is 1.90. The second-order valence-corrected chi connectivity index (χ2v) is 5.67. The third kappa shape index (κ3) is 5.42. The maximum Gasteiger partial charge on any atom is 0.217 e. The lowest BCUT2D eigenvalue weighted by atomic mass is 10.1. The summed E-state index contributed by atoms with van der Waals surface area (Å²) < 4.78 is 31.0. The van der Waals surface area contributed by atoms with E-state index in [-0.39, 0.29) is 0 Å². The largest absolute Gasteiger partial charge is 0.726 e. The van der Waals surface area contributed by atoms with Crippen LogP contribution in [0, 0.1) is 0 Å². The quantitative estimate of drug-likeness (QED) is 0.677. The number of nitrogens with one attached hydrogen (secondary N) is 1. The minimum absolute atomic E-state index is 0.808. The van der Waals surface area contributed by atoms with E-state index in [0.29, 0.717) is 0 Å². The standard InChI is InChI=1S/C15H12N2.CH4O4S/c1-3-7-13(8-4-1)15-11-12-17(16-15)14-9-5-2-6-10-14;1-5-6(2,3)4/h1-12H;1H3,(H,2,3,4). The molecule has 6 nitrogen and oxygen atoms in total. The Morgan fingerprint density at radius 1 is 1.00 bits per heavy atom. The van der Waals surface area contributed by atoms with Crippen molar-refractivity contribution in [2.24, 2.45) is 5.10 Å². The molecule has 0 aliphatic carbocycles. The predicted octanol–water partition coefficient (Wildman–Crippen LogP) is 1.23. The van der Waals surface area contributed by atoms with Gasteiger partial charge in [-0.15, -0.1) is 0 Å². The predicted molar refractivity (Wildman–Crippen MR) is 85.9 cm³/mol. The molecule has 7 heteroatoms. The molecule has 0 radical (unpaired) electrons. The molecule has 1 N–H and O–H groups in total. The molecular weight excluding hydrogens is 316 g/mol. The first-order valence-corrected chi connectivity index (χ1v) is 8.09. The van der Waals surface area contributed by atoms with Crippen molar-refractivity contribution in [2.45, 2.75) is 0 Å². The number of hydrogen-bond acceptors (Lipinski definition) is 5. The van der Waals surface area contributed by atoms with Crippen LogP contribution in [-0.4, -0.2) is 25.8 Å². The van der Waals surface area contributed by atoms with Gasteiger partial charge in [0, 0.05) is 23.8 Å². The monoisotopic (exact) mass is 332 g/mol. The van der Waals surface area contributed by atoms with E-state index in [2.05, 4.69) is 45.8 Å². The highest BCUT2D eigenvalue weighted by molar-refractivity contribution is 7.80. The lowest BCUT2D eigenvalue weighted by Gasteiger charge is -2.02. The summed E-state index contributed by atoms with van der Waals surface area (Å²) in [6, 6.07) is 20.5. The van der Waals surface area contributed by atoms with Crippen LogP contribution in [0.25, 0.3) is 0 Å². The van der Waals surface area contributed by atoms with Crippen LogP contribution in [0.5, 0.6) is 0 Å². The maximum absolute atomic E-state index is 9.22. The number of benzene rings is 2. The van der Waals surface area contributed by atoms with Gasteiger partial charge in [-0.2, -0.15) is 5.01 Å². The van der Waals surface area contributed by atoms with Gasteiger partial charge in [0.1, 0.15) is 11.9 Å². The molecule has 0 amide bonds. The lowest BCUT2D eigenvalue weighted by molar-refractivity contribution is -0.779. The fraction of sp³-hybridized carbons (Fsp3) is 0.0625. The Morgan fingerprint density at radius 2 is 1.52 bits per heavy atom. The summed E-state index contributed by atoms with van der Waals surface area (Å²) in [6.45, 7) is 0. The summed E-state index contributed by atoms with van der Waals surface area (Å²) in [7, 11) is -3.60. The van der Waals surface area contributed by atoms with Crippen LogP contribution in [0.3, 0.4) is 0 Å². The first-order chi connectivity index (χ1) is 11.0. The molecule has 0 aromatic heterocycles. The smallest absolute Gasteiger partial charge is 0.217 e. The first kappa shape index (κ1) is 17.0. The molecule has 1 unspecified atom stereocenters. The molecule has 3 rings (SSSR count). The zero-order valence-corrected chi connectivity index (χ0v) is 13.2. The molecule has 23 heavy (non-hydrogen) atoms. The van der Waals surface area contributed by atoms with Crippen LogP contribution >= 0.6 is 0 Å². The number of hydrogen-bond donors (Lipinski definition) is 1. The summed E-state index contributed by atoms with van der Waals surface area (Å²) in [5, 5.41) is 5.68. The van der Waals surface area contributed by atoms with Gasteiger partial charge in [-0.25, -0.2) is 8.42 Å². The molecule has 1 aliphatic rings. The number of para-hydroxylation sites is 1. The van der Waals surface area contributed by atoms with Crippen LogP contribution in [0.4, 0.5) is 5.69 Å². The van der Waals surface area contributed by atoms with Crippen LogP contribution < -0.4 is 5.01 Å². The normalized spacial score (nSPS) is 16.4. The van der Waals surface area contributed by atoms with Crippen molar-refractivity contribution in [2.75, 3.05) is 7.11 Å². The van der Waals surface area contributed by atoms with Gasteiger partial charge < -0.3 is 4.55 Å². The maximum atomic E-state index is 9.22. The van der Waals surface area contributed by atoms with Crippen molar-refractivity contribution in [3.05, 3.63) is 78.5 Å². The summed E-state index contributed by atoms with van der Waals surface area (Å²) in [5.74, 6) is 0. The minimum atomic E-state index is -4.41. The van der Waals surface area contributed by atoms with Gasteiger partial charge in [0.05, 0.1) is 7.11 Å². The van der Waals surface area contributed by atoms with E-state index >= 15 is 0 Å². The van der Waals surface area contributed by atoms with E-state index < -0.39 is 10.4 Å². The van der Waals surface area contributed by atoms with Crippen molar-refractivity contribution < 1.29 is 22.2 Å². The molecule has 0 fully saturated rings. The highest BCUT2D eigenvalue weighted by atomic mass is 32.3.